The van der Waals surface area contributed by atoms with Crippen LogP contribution in [0.25, 0.3) is 0 Å². The monoisotopic (exact) mass is 169 g/mol. The lowest BCUT2D eigenvalue weighted by atomic mass is 9.70. The van der Waals surface area contributed by atoms with Crippen LogP contribution in [-0.4, -0.2) is 22.7 Å². The van der Waals surface area contributed by atoms with E-state index in [1.54, 1.807) is 0 Å². The number of hydrogen-bond donors (Lipinski definition) is 2. The maximum absolute atomic E-state index is 10.7. The summed E-state index contributed by atoms with van der Waals surface area (Å²) in [7, 11) is 0. The van der Waals surface area contributed by atoms with Crippen LogP contribution in [-0.2, 0) is 4.79 Å². The second-order valence-electron chi connectivity index (χ2n) is 4.06. The largest absolute Gasteiger partial charge is 0.480 e. The fraction of sp³-hybridized carbons (Fsp3) is 0.889. The molecule has 1 atom stereocenters. The SMILES string of the molecule is O=C(O)C1CCCC2(CCC2)N1. The molecule has 1 heterocycles. The molecule has 3 heteroatoms. The number of carboxylic acids is 1. The molecular formula is C9H15NO2. The van der Waals surface area contributed by atoms with Gasteiger partial charge in [0.25, 0.3) is 0 Å². The zero-order valence-electron chi connectivity index (χ0n) is 7.18. The Bertz CT molecular complexity index is 199. The Labute approximate surface area is 72.2 Å². The van der Waals surface area contributed by atoms with Crippen LogP contribution in [0.4, 0.5) is 0 Å². The molecule has 0 amide bonds. The summed E-state index contributed by atoms with van der Waals surface area (Å²) in [5.41, 5.74) is 0.224. The first-order valence-corrected chi connectivity index (χ1v) is 4.72. The first-order chi connectivity index (χ1) is 5.72. The lowest BCUT2D eigenvalue weighted by Gasteiger charge is -2.47. The van der Waals surface area contributed by atoms with Crippen molar-refractivity contribution in [1.82, 2.24) is 5.32 Å². The summed E-state index contributed by atoms with van der Waals surface area (Å²) >= 11 is 0. The molecular weight excluding hydrogens is 154 g/mol. The minimum atomic E-state index is -0.680. The molecule has 2 aliphatic rings. The van der Waals surface area contributed by atoms with Gasteiger partial charge in [0.2, 0.25) is 0 Å². The first kappa shape index (κ1) is 8.05. The highest BCUT2D eigenvalue weighted by Crippen LogP contribution is 2.39. The predicted molar refractivity (Wildman–Crippen MR) is 45.0 cm³/mol. The van der Waals surface area contributed by atoms with Crippen molar-refractivity contribution in [2.24, 2.45) is 0 Å². The van der Waals surface area contributed by atoms with Gasteiger partial charge in [0.15, 0.2) is 0 Å². The van der Waals surface area contributed by atoms with E-state index in [1.165, 1.54) is 25.7 Å². The molecule has 68 valence electrons. The van der Waals surface area contributed by atoms with E-state index in [4.69, 9.17) is 5.11 Å². The second kappa shape index (κ2) is 2.73. The molecule has 1 saturated carbocycles. The molecule has 1 spiro atoms. The lowest BCUT2D eigenvalue weighted by Crippen LogP contribution is -2.59. The van der Waals surface area contributed by atoms with Gasteiger partial charge in [0.1, 0.15) is 6.04 Å². The molecule has 0 aromatic heterocycles. The summed E-state index contributed by atoms with van der Waals surface area (Å²) in [4.78, 5) is 10.7. The van der Waals surface area contributed by atoms with Crippen molar-refractivity contribution in [3.8, 4) is 0 Å². The molecule has 1 saturated heterocycles. The van der Waals surface area contributed by atoms with Gasteiger partial charge in [-0.1, -0.05) is 0 Å². The predicted octanol–water partition coefficient (Wildman–Crippen LogP) is 1.14. The molecule has 1 aliphatic carbocycles. The first-order valence-electron chi connectivity index (χ1n) is 4.72. The molecule has 2 rings (SSSR count). The molecule has 1 unspecified atom stereocenters. The summed E-state index contributed by atoms with van der Waals surface area (Å²) in [6.45, 7) is 0. The molecule has 0 bridgehead atoms. The van der Waals surface area contributed by atoms with E-state index in [0.29, 0.717) is 0 Å². The maximum Gasteiger partial charge on any atom is 0.320 e. The number of carbonyl (C=O) groups is 1. The number of piperidine rings is 1. The third-order valence-corrected chi connectivity index (χ3v) is 3.24. The van der Waals surface area contributed by atoms with Crippen LogP contribution < -0.4 is 5.32 Å². The Morgan fingerprint density at radius 3 is 2.50 bits per heavy atom. The third-order valence-electron chi connectivity index (χ3n) is 3.24. The average Bonchev–Trinajstić information content (AvgIpc) is 2.02. The molecule has 0 radical (unpaired) electrons. The molecule has 0 aromatic rings. The van der Waals surface area contributed by atoms with Gasteiger partial charge in [0, 0.05) is 5.54 Å². The summed E-state index contributed by atoms with van der Waals surface area (Å²) in [5.74, 6) is -0.680. The Kier molecular flexibility index (Phi) is 1.83. The minimum Gasteiger partial charge on any atom is -0.480 e. The summed E-state index contributed by atoms with van der Waals surface area (Å²) in [6, 6.07) is -0.279. The van der Waals surface area contributed by atoms with Crippen LogP contribution in [0.15, 0.2) is 0 Å². The van der Waals surface area contributed by atoms with Crippen molar-refractivity contribution in [2.45, 2.75) is 50.1 Å². The van der Waals surface area contributed by atoms with Gasteiger partial charge >= 0.3 is 5.97 Å². The summed E-state index contributed by atoms with van der Waals surface area (Å²) in [5, 5.41) is 12.1. The smallest absolute Gasteiger partial charge is 0.320 e. The number of aliphatic carboxylic acids is 1. The quantitative estimate of drug-likeness (QED) is 0.618. The van der Waals surface area contributed by atoms with Crippen LogP contribution in [0.1, 0.15) is 38.5 Å². The highest BCUT2D eigenvalue weighted by Gasteiger charge is 2.42. The standard InChI is InChI=1S/C9H15NO2/c11-8(12)7-3-1-4-9(10-7)5-2-6-9/h7,10H,1-6H2,(H,11,12). The van der Waals surface area contributed by atoms with Gasteiger partial charge in [-0.25, -0.2) is 0 Å². The highest BCUT2D eigenvalue weighted by atomic mass is 16.4. The van der Waals surface area contributed by atoms with Gasteiger partial charge in [-0.05, 0) is 38.5 Å². The second-order valence-corrected chi connectivity index (χ2v) is 4.06. The topological polar surface area (TPSA) is 49.3 Å². The van der Waals surface area contributed by atoms with Crippen LogP contribution >= 0.6 is 0 Å². The van der Waals surface area contributed by atoms with E-state index in [2.05, 4.69) is 5.32 Å². The van der Waals surface area contributed by atoms with Crippen LogP contribution in [0.5, 0.6) is 0 Å². The van der Waals surface area contributed by atoms with E-state index in [-0.39, 0.29) is 11.6 Å². The van der Waals surface area contributed by atoms with Gasteiger partial charge in [0.05, 0.1) is 0 Å². The Morgan fingerprint density at radius 2 is 2.00 bits per heavy atom. The molecule has 0 aromatic carbocycles. The number of nitrogens with one attached hydrogen (secondary N) is 1. The fourth-order valence-corrected chi connectivity index (χ4v) is 2.34. The molecule has 2 fully saturated rings. The van der Waals surface area contributed by atoms with Crippen LogP contribution in [0.2, 0.25) is 0 Å². The summed E-state index contributed by atoms with van der Waals surface area (Å²) < 4.78 is 0. The van der Waals surface area contributed by atoms with E-state index in [1.807, 2.05) is 0 Å². The number of carboxylic acid groups (broad SMARTS) is 1. The molecule has 1 aliphatic heterocycles. The Morgan fingerprint density at radius 1 is 1.33 bits per heavy atom. The van der Waals surface area contributed by atoms with Gasteiger partial charge in [-0.3, -0.25) is 10.1 Å². The van der Waals surface area contributed by atoms with Crippen molar-refractivity contribution in [1.29, 1.82) is 0 Å². The Balaban J connectivity index is 1.98. The molecule has 3 nitrogen and oxygen atoms in total. The zero-order chi connectivity index (χ0) is 8.60. The normalized spacial score (nSPS) is 32.8. The minimum absolute atomic E-state index is 0.224. The van der Waals surface area contributed by atoms with Crippen LogP contribution in [0, 0.1) is 0 Å². The molecule has 2 N–H and O–H groups in total. The average molecular weight is 169 g/mol. The van der Waals surface area contributed by atoms with E-state index in [0.717, 1.165) is 12.8 Å². The number of hydrogen-bond acceptors (Lipinski definition) is 2. The maximum atomic E-state index is 10.7. The zero-order valence-corrected chi connectivity index (χ0v) is 7.18. The van der Waals surface area contributed by atoms with Gasteiger partial charge < -0.3 is 5.11 Å². The van der Waals surface area contributed by atoms with Gasteiger partial charge in [-0.15, -0.1) is 0 Å². The fourth-order valence-electron chi connectivity index (χ4n) is 2.34. The summed E-state index contributed by atoms with van der Waals surface area (Å²) in [6.07, 6.45) is 6.67. The van der Waals surface area contributed by atoms with Crippen LogP contribution in [0.3, 0.4) is 0 Å². The van der Waals surface area contributed by atoms with Crippen molar-refractivity contribution >= 4 is 5.97 Å². The van der Waals surface area contributed by atoms with Crippen molar-refractivity contribution in [3.63, 3.8) is 0 Å². The lowest BCUT2D eigenvalue weighted by molar-refractivity contribution is -0.141. The van der Waals surface area contributed by atoms with Crippen molar-refractivity contribution < 1.29 is 9.90 Å². The van der Waals surface area contributed by atoms with E-state index in [9.17, 15) is 4.79 Å². The Hall–Kier alpha value is -0.570. The van der Waals surface area contributed by atoms with Crippen molar-refractivity contribution in [2.75, 3.05) is 0 Å². The third kappa shape index (κ3) is 1.22. The van der Waals surface area contributed by atoms with E-state index >= 15 is 0 Å². The molecule has 12 heavy (non-hydrogen) atoms. The van der Waals surface area contributed by atoms with E-state index < -0.39 is 5.97 Å². The van der Waals surface area contributed by atoms with Gasteiger partial charge in [-0.2, -0.15) is 0 Å². The van der Waals surface area contributed by atoms with Crippen molar-refractivity contribution in [3.05, 3.63) is 0 Å². The highest BCUT2D eigenvalue weighted by molar-refractivity contribution is 5.73. The number of rotatable bonds is 1.